The Morgan fingerprint density at radius 3 is 2.67 bits per heavy atom. The standard InChI is InChI=1S/C34H42O6/c1-6-33-19-28(24-9-7-8-23(17-24)16-21(2)35)31-27-11-10-26(37)18-25(27)12-14-32(31,4)29(33)13-15-34(33,40-22(3)36)30(38)20-39-5/h6-9,17-18,21,28-29,35H,1,10-16,19-20H2,2-5H3/t21?,28-,29?,32?,33+,34+/m1/s1. The van der Waals surface area contributed by atoms with Crippen LogP contribution in [0.3, 0.4) is 0 Å². The maximum Gasteiger partial charge on any atom is 0.303 e. The predicted molar refractivity (Wildman–Crippen MR) is 153 cm³/mol. The number of fused-ring (bicyclic) bond motifs is 4. The van der Waals surface area contributed by atoms with E-state index >= 15 is 0 Å². The number of rotatable bonds is 8. The maximum absolute atomic E-state index is 13.9. The van der Waals surface area contributed by atoms with Crippen molar-refractivity contribution in [3.8, 4) is 0 Å². The van der Waals surface area contributed by atoms with Gasteiger partial charge in [-0.05, 0) is 91.6 Å². The zero-order valence-electron chi connectivity index (χ0n) is 24.3. The van der Waals surface area contributed by atoms with Gasteiger partial charge in [0, 0.05) is 31.8 Å². The molecule has 214 valence electrons. The third kappa shape index (κ3) is 4.35. The minimum absolute atomic E-state index is 0.0382. The van der Waals surface area contributed by atoms with Gasteiger partial charge >= 0.3 is 5.97 Å². The minimum Gasteiger partial charge on any atom is -0.450 e. The SMILES string of the molecule is C=C[C@]12C[C@H](c3cccc(CC(C)O)c3)C3=C4CCC(=O)C=C4CCC3(C)C1CC[C@]2(OC(C)=O)C(=O)COC. The van der Waals surface area contributed by atoms with Gasteiger partial charge in [-0.2, -0.15) is 0 Å². The van der Waals surface area contributed by atoms with Crippen molar-refractivity contribution in [3.05, 3.63) is 70.8 Å². The fourth-order valence-electron chi connectivity index (χ4n) is 8.94. The van der Waals surface area contributed by atoms with Crippen molar-refractivity contribution in [2.75, 3.05) is 13.7 Å². The number of Topliss-reactive ketones (excluding diaryl/α,β-unsaturated/α-hetero) is 1. The van der Waals surface area contributed by atoms with Crippen LogP contribution < -0.4 is 0 Å². The Labute approximate surface area is 237 Å². The Bertz CT molecular complexity index is 1300. The van der Waals surface area contributed by atoms with Crippen molar-refractivity contribution in [2.24, 2.45) is 16.7 Å². The summed E-state index contributed by atoms with van der Waals surface area (Å²) < 4.78 is 11.5. The summed E-state index contributed by atoms with van der Waals surface area (Å²) in [5, 5.41) is 10.1. The number of hydrogen-bond acceptors (Lipinski definition) is 6. The topological polar surface area (TPSA) is 89.9 Å². The van der Waals surface area contributed by atoms with E-state index < -0.39 is 23.1 Å². The van der Waals surface area contributed by atoms with Crippen molar-refractivity contribution in [1.82, 2.24) is 0 Å². The van der Waals surface area contributed by atoms with Crippen LogP contribution in [0.25, 0.3) is 0 Å². The van der Waals surface area contributed by atoms with E-state index in [1.807, 2.05) is 24.3 Å². The van der Waals surface area contributed by atoms with E-state index in [9.17, 15) is 19.5 Å². The second-order valence-corrected chi connectivity index (χ2v) is 12.6. The van der Waals surface area contributed by atoms with Gasteiger partial charge in [-0.3, -0.25) is 14.4 Å². The second kappa shape index (κ2) is 10.5. The predicted octanol–water partition coefficient (Wildman–Crippen LogP) is 5.58. The number of carbonyl (C=O) groups is 3. The lowest BCUT2D eigenvalue weighted by Crippen LogP contribution is -2.61. The molecule has 6 nitrogen and oxygen atoms in total. The first-order valence-electron chi connectivity index (χ1n) is 14.6. The summed E-state index contributed by atoms with van der Waals surface area (Å²) in [6, 6.07) is 8.38. The lowest BCUT2D eigenvalue weighted by Gasteiger charge is -2.60. The summed E-state index contributed by atoms with van der Waals surface area (Å²) in [6.45, 7) is 9.67. The minimum atomic E-state index is -1.35. The molecule has 2 saturated carbocycles. The van der Waals surface area contributed by atoms with Gasteiger partial charge in [0.25, 0.3) is 0 Å². The number of ketones is 2. The average molecular weight is 547 g/mol. The molecule has 0 heterocycles. The van der Waals surface area contributed by atoms with Crippen LogP contribution in [-0.2, 0) is 30.3 Å². The number of hydrogen-bond donors (Lipinski definition) is 1. The number of aliphatic hydroxyl groups excluding tert-OH is 1. The molecule has 1 aromatic rings. The van der Waals surface area contributed by atoms with E-state index in [1.165, 1.54) is 25.2 Å². The van der Waals surface area contributed by atoms with Gasteiger partial charge in [0.2, 0.25) is 5.78 Å². The number of ether oxygens (including phenoxy) is 2. The first-order valence-corrected chi connectivity index (χ1v) is 14.6. The van der Waals surface area contributed by atoms with Gasteiger partial charge in [-0.15, -0.1) is 6.58 Å². The van der Waals surface area contributed by atoms with Crippen LogP contribution in [0.2, 0.25) is 0 Å². The third-order valence-electron chi connectivity index (χ3n) is 10.3. The van der Waals surface area contributed by atoms with E-state index in [4.69, 9.17) is 9.47 Å². The van der Waals surface area contributed by atoms with Crippen molar-refractivity contribution in [1.29, 1.82) is 0 Å². The number of allylic oxidation sites excluding steroid dienone is 4. The van der Waals surface area contributed by atoms with E-state index in [0.717, 1.165) is 42.4 Å². The Morgan fingerprint density at radius 1 is 1.23 bits per heavy atom. The van der Waals surface area contributed by atoms with Crippen molar-refractivity contribution >= 4 is 17.5 Å². The maximum atomic E-state index is 13.9. The second-order valence-electron chi connectivity index (χ2n) is 12.6. The number of benzene rings is 1. The molecule has 0 saturated heterocycles. The monoisotopic (exact) mass is 546 g/mol. The summed E-state index contributed by atoms with van der Waals surface area (Å²) in [5.74, 6) is -0.529. The van der Waals surface area contributed by atoms with E-state index in [0.29, 0.717) is 25.7 Å². The number of carbonyl (C=O) groups excluding carboxylic acids is 3. The molecule has 3 unspecified atom stereocenters. The highest BCUT2D eigenvalue weighted by atomic mass is 16.6. The summed E-state index contributed by atoms with van der Waals surface area (Å²) >= 11 is 0. The third-order valence-corrected chi connectivity index (χ3v) is 10.3. The van der Waals surface area contributed by atoms with E-state index in [2.05, 4.69) is 25.6 Å². The Hall–Kier alpha value is -2.83. The van der Waals surface area contributed by atoms with Crippen molar-refractivity contribution in [2.45, 2.75) is 89.8 Å². The molecule has 0 amide bonds. The molecule has 4 aliphatic carbocycles. The lowest BCUT2D eigenvalue weighted by atomic mass is 9.44. The molecule has 0 bridgehead atoms. The molecule has 2 fully saturated rings. The molecule has 1 aromatic carbocycles. The highest BCUT2D eigenvalue weighted by Gasteiger charge is 2.71. The Balaban J connectivity index is 1.77. The smallest absolute Gasteiger partial charge is 0.303 e. The fraction of sp³-hybridized carbons (Fsp3) is 0.559. The highest BCUT2D eigenvalue weighted by Crippen LogP contribution is 2.72. The molecule has 0 aliphatic heterocycles. The molecule has 5 rings (SSSR count). The van der Waals surface area contributed by atoms with Crippen LogP contribution in [0.15, 0.2) is 59.7 Å². The van der Waals surface area contributed by atoms with Crippen LogP contribution >= 0.6 is 0 Å². The number of methoxy groups -OCH3 is 1. The van der Waals surface area contributed by atoms with Crippen LogP contribution in [0.1, 0.15) is 82.8 Å². The zero-order chi connectivity index (χ0) is 28.9. The first kappa shape index (κ1) is 28.7. The zero-order valence-corrected chi connectivity index (χ0v) is 24.3. The molecular formula is C34H42O6. The quantitative estimate of drug-likeness (QED) is 0.338. The van der Waals surface area contributed by atoms with Crippen LogP contribution in [0.4, 0.5) is 0 Å². The molecule has 4 aliphatic rings. The molecule has 6 heteroatoms. The summed E-state index contributed by atoms with van der Waals surface area (Å²) in [4.78, 5) is 39.0. The molecule has 0 aromatic heterocycles. The molecule has 1 N–H and O–H groups in total. The van der Waals surface area contributed by atoms with Crippen molar-refractivity contribution in [3.63, 3.8) is 0 Å². The first-order chi connectivity index (χ1) is 19.0. The molecule has 0 spiro atoms. The molecule has 40 heavy (non-hydrogen) atoms. The fourth-order valence-corrected chi connectivity index (χ4v) is 8.94. The van der Waals surface area contributed by atoms with Crippen LogP contribution in [-0.4, -0.2) is 48.1 Å². The van der Waals surface area contributed by atoms with E-state index in [1.54, 1.807) is 6.92 Å². The highest BCUT2D eigenvalue weighted by molar-refractivity contribution is 5.94. The Morgan fingerprint density at radius 2 is 2.00 bits per heavy atom. The summed E-state index contributed by atoms with van der Waals surface area (Å²) in [7, 11) is 1.49. The Kier molecular flexibility index (Phi) is 7.56. The van der Waals surface area contributed by atoms with Gasteiger partial charge < -0.3 is 14.6 Å². The largest absolute Gasteiger partial charge is 0.450 e. The lowest BCUT2D eigenvalue weighted by molar-refractivity contribution is -0.183. The van der Waals surface area contributed by atoms with Crippen LogP contribution in [0.5, 0.6) is 0 Å². The molecule has 6 atom stereocenters. The summed E-state index contributed by atoms with van der Waals surface area (Å²) in [6.07, 6.45) is 8.46. The number of aliphatic hydroxyl groups is 1. The van der Waals surface area contributed by atoms with E-state index in [-0.39, 0.29) is 35.4 Å². The van der Waals surface area contributed by atoms with Gasteiger partial charge in [-0.25, -0.2) is 0 Å². The molecule has 0 radical (unpaired) electrons. The van der Waals surface area contributed by atoms with Gasteiger partial charge in [0.1, 0.15) is 6.61 Å². The average Bonchev–Trinajstić information content (AvgIpc) is 3.23. The summed E-state index contributed by atoms with van der Waals surface area (Å²) in [5.41, 5.74) is 3.57. The van der Waals surface area contributed by atoms with Crippen LogP contribution in [0, 0.1) is 16.7 Å². The normalized spacial score (nSPS) is 33.8. The molecular weight excluding hydrogens is 504 g/mol. The van der Waals surface area contributed by atoms with Crippen molar-refractivity contribution < 1.29 is 29.0 Å². The van der Waals surface area contributed by atoms with Gasteiger partial charge in [0.05, 0.1) is 6.10 Å². The van der Waals surface area contributed by atoms with Gasteiger partial charge in [-0.1, -0.05) is 42.8 Å². The number of esters is 1. The van der Waals surface area contributed by atoms with Gasteiger partial charge in [0.15, 0.2) is 11.4 Å².